The van der Waals surface area contributed by atoms with E-state index in [1.165, 1.54) is 0 Å². The number of piperidine rings is 1. The number of hydrogen-bond donors (Lipinski definition) is 3. The maximum absolute atomic E-state index is 13.0. The molecule has 31 heavy (non-hydrogen) atoms. The zero-order valence-electron chi connectivity index (χ0n) is 17.0. The fraction of sp³-hybridized carbons (Fsp3) is 0.429. The number of rotatable bonds is 4. The lowest BCUT2D eigenvalue weighted by Crippen LogP contribution is -2.43. The van der Waals surface area contributed by atoms with Crippen LogP contribution in [0.1, 0.15) is 50.5 Å². The van der Waals surface area contributed by atoms with Gasteiger partial charge in [-0.2, -0.15) is 4.98 Å². The number of carbonyl (C=O) groups is 2. The Morgan fingerprint density at radius 2 is 2.10 bits per heavy atom. The molecule has 2 atom stereocenters. The number of nitrogens with zero attached hydrogens (tertiary/aromatic N) is 2. The van der Waals surface area contributed by atoms with Crippen molar-refractivity contribution >= 4 is 52.5 Å². The largest absolute Gasteiger partial charge is 0.339 e. The number of benzene rings is 1. The Morgan fingerprint density at radius 1 is 1.29 bits per heavy atom. The van der Waals surface area contributed by atoms with Crippen LogP contribution in [0.5, 0.6) is 0 Å². The Kier molecular flexibility index (Phi) is 6.20. The summed E-state index contributed by atoms with van der Waals surface area (Å²) in [5, 5.41) is 5.82. The van der Waals surface area contributed by atoms with Crippen molar-refractivity contribution in [2.45, 2.75) is 51.0 Å². The number of nitrogens with one attached hydrogen (secondary N) is 3. The van der Waals surface area contributed by atoms with E-state index in [1.807, 2.05) is 0 Å². The third kappa shape index (κ3) is 4.27. The van der Waals surface area contributed by atoms with Crippen molar-refractivity contribution in [1.29, 1.82) is 0 Å². The van der Waals surface area contributed by atoms with Gasteiger partial charge in [0.1, 0.15) is 5.82 Å². The molecule has 3 heterocycles. The summed E-state index contributed by atoms with van der Waals surface area (Å²) in [5.74, 6) is -1.33. The highest BCUT2D eigenvalue weighted by atomic mass is 35.5. The van der Waals surface area contributed by atoms with Crippen molar-refractivity contribution in [1.82, 2.24) is 9.97 Å². The van der Waals surface area contributed by atoms with Gasteiger partial charge in [-0.3, -0.25) is 19.4 Å². The van der Waals surface area contributed by atoms with E-state index in [-0.39, 0.29) is 39.8 Å². The molecule has 0 saturated carbocycles. The average molecular weight is 464 g/mol. The van der Waals surface area contributed by atoms with Gasteiger partial charge in [0.05, 0.1) is 27.2 Å². The van der Waals surface area contributed by atoms with E-state index in [0.29, 0.717) is 11.6 Å². The number of H-pyrrole nitrogens is 1. The normalized spacial score (nSPS) is 20.7. The third-order valence-corrected chi connectivity index (χ3v) is 6.65. The lowest BCUT2D eigenvalue weighted by atomic mass is 9.92. The van der Waals surface area contributed by atoms with Crippen LogP contribution in [-0.2, 0) is 9.59 Å². The van der Waals surface area contributed by atoms with Crippen LogP contribution in [0.3, 0.4) is 0 Å². The minimum atomic E-state index is -0.993. The molecule has 2 aliphatic rings. The molecule has 2 aromatic rings. The summed E-state index contributed by atoms with van der Waals surface area (Å²) in [6.07, 6.45) is 3.93. The fourth-order valence-electron chi connectivity index (χ4n) is 4.24. The van der Waals surface area contributed by atoms with Crippen molar-refractivity contribution in [3.05, 3.63) is 44.2 Å². The first-order valence-corrected chi connectivity index (χ1v) is 11.1. The van der Waals surface area contributed by atoms with E-state index in [4.69, 9.17) is 23.2 Å². The lowest BCUT2D eigenvalue weighted by Gasteiger charge is -2.36. The summed E-state index contributed by atoms with van der Waals surface area (Å²) in [4.78, 5) is 47.8. The molecule has 2 aliphatic heterocycles. The number of amides is 2. The summed E-state index contributed by atoms with van der Waals surface area (Å²) in [7, 11) is 0. The van der Waals surface area contributed by atoms with Crippen LogP contribution in [0.2, 0.25) is 10.0 Å². The van der Waals surface area contributed by atoms with Crippen molar-refractivity contribution in [2.75, 3.05) is 22.1 Å². The molecule has 0 spiro atoms. The Labute approximate surface area is 189 Å². The van der Waals surface area contributed by atoms with E-state index in [0.717, 1.165) is 32.2 Å². The quantitative estimate of drug-likeness (QED) is 0.636. The second-order valence-electron chi connectivity index (χ2n) is 7.80. The fourth-order valence-corrected chi connectivity index (χ4v) is 4.59. The molecule has 3 N–H and O–H groups in total. The van der Waals surface area contributed by atoms with Gasteiger partial charge in [0, 0.05) is 19.0 Å². The van der Waals surface area contributed by atoms with E-state index in [1.54, 1.807) is 18.2 Å². The van der Waals surface area contributed by atoms with Crippen LogP contribution in [0, 0.1) is 0 Å². The number of anilines is 3. The molecule has 0 radical (unpaired) electrons. The highest BCUT2D eigenvalue weighted by molar-refractivity contribution is 6.44. The van der Waals surface area contributed by atoms with Crippen molar-refractivity contribution in [3.8, 4) is 0 Å². The monoisotopic (exact) mass is 463 g/mol. The van der Waals surface area contributed by atoms with Crippen LogP contribution in [-0.4, -0.2) is 34.4 Å². The Hall–Kier alpha value is -2.58. The first-order chi connectivity index (χ1) is 14.9. The molecule has 0 bridgehead atoms. The predicted molar refractivity (Wildman–Crippen MR) is 121 cm³/mol. The van der Waals surface area contributed by atoms with Gasteiger partial charge in [0.15, 0.2) is 0 Å². The minimum Gasteiger partial charge on any atom is -0.339 e. The number of carbonyl (C=O) groups excluding carboxylic acids is 2. The smallest absolute Gasteiger partial charge is 0.258 e. The van der Waals surface area contributed by atoms with E-state index >= 15 is 0 Å². The number of halogens is 2. The maximum atomic E-state index is 13.0. The first-order valence-electron chi connectivity index (χ1n) is 10.3. The van der Waals surface area contributed by atoms with Gasteiger partial charge in [-0.1, -0.05) is 36.2 Å². The summed E-state index contributed by atoms with van der Waals surface area (Å²) in [6.45, 7) is 2.88. The molecule has 1 aromatic heterocycles. The van der Waals surface area contributed by atoms with Crippen LogP contribution in [0.25, 0.3) is 0 Å². The maximum Gasteiger partial charge on any atom is 0.258 e. The third-order valence-electron chi connectivity index (χ3n) is 5.83. The van der Waals surface area contributed by atoms with Crippen LogP contribution in [0.4, 0.5) is 17.5 Å². The second kappa shape index (κ2) is 8.88. The van der Waals surface area contributed by atoms with Gasteiger partial charge >= 0.3 is 0 Å². The zero-order chi connectivity index (χ0) is 22.1. The number of fused-ring (bicyclic) bond motifs is 1. The van der Waals surface area contributed by atoms with Gasteiger partial charge in [0.2, 0.25) is 17.8 Å². The Morgan fingerprint density at radius 3 is 2.87 bits per heavy atom. The summed E-state index contributed by atoms with van der Waals surface area (Å²) < 4.78 is 0. The summed E-state index contributed by atoms with van der Waals surface area (Å²) >= 11 is 12.2. The standard InChI is InChI=1S/C21H23Cl2N5O3/c1-2-11-6-3-4-9-28(11)21-26-18-16(20(31)27-21)12(10-15(29)25-18)19(30)24-14-8-5-7-13(22)17(14)23/h5,7-8,11-12H,2-4,6,9-10H2,1H3,(H,24,30)(H2,25,26,27,29,31)/t11-,12-/m0/s1. The minimum absolute atomic E-state index is 0.132. The number of aromatic amines is 1. The molecular formula is C21H23Cl2N5O3. The summed E-state index contributed by atoms with van der Waals surface area (Å²) in [6, 6.07) is 5.12. The molecule has 1 aromatic carbocycles. The highest BCUT2D eigenvalue weighted by Gasteiger charge is 2.36. The molecule has 8 nitrogen and oxygen atoms in total. The molecule has 1 fully saturated rings. The molecule has 0 unspecified atom stereocenters. The number of hydrogen-bond acceptors (Lipinski definition) is 5. The van der Waals surface area contributed by atoms with E-state index in [9.17, 15) is 14.4 Å². The molecule has 2 amide bonds. The summed E-state index contributed by atoms with van der Waals surface area (Å²) in [5.41, 5.74) is 0.0219. The molecule has 4 rings (SSSR count). The second-order valence-corrected chi connectivity index (χ2v) is 8.58. The van der Waals surface area contributed by atoms with Crippen LogP contribution < -0.4 is 21.1 Å². The first kappa shape index (κ1) is 21.6. The predicted octanol–water partition coefficient (Wildman–Crippen LogP) is 3.91. The van der Waals surface area contributed by atoms with Gasteiger partial charge in [0.25, 0.3) is 5.56 Å². The average Bonchev–Trinajstić information content (AvgIpc) is 2.75. The van der Waals surface area contributed by atoms with Crippen molar-refractivity contribution < 1.29 is 9.59 Å². The van der Waals surface area contributed by atoms with Crippen LogP contribution in [0.15, 0.2) is 23.0 Å². The number of aromatic nitrogens is 2. The van der Waals surface area contributed by atoms with Gasteiger partial charge < -0.3 is 15.5 Å². The highest BCUT2D eigenvalue weighted by Crippen LogP contribution is 2.34. The topological polar surface area (TPSA) is 107 Å². The zero-order valence-corrected chi connectivity index (χ0v) is 18.5. The van der Waals surface area contributed by atoms with Crippen LogP contribution >= 0.6 is 23.2 Å². The molecular weight excluding hydrogens is 441 g/mol. The van der Waals surface area contributed by atoms with E-state index < -0.39 is 17.4 Å². The lowest BCUT2D eigenvalue weighted by molar-refractivity contribution is -0.123. The molecule has 10 heteroatoms. The van der Waals surface area contributed by atoms with Crippen molar-refractivity contribution in [3.63, 3.8) is 0 Å². The van der Waals surface area contributed by atoms with Crippen molar-refractivity contribution in [2.24, 2.45) is 0 Å². The SMILES string of the molecule is CC[C@H]1CCCCN1c1nc2c(c(=O)[nH]1)[C@@H](C(=O)Nc1cccc(Cl)c1Cl)CC(=O)N2. The Balaban J connectivity index is 1.67. The van der Waals surface area contributed by atoms with Gasteiger partial charge in [-0.15, -0.1) is 0 Å². The molecule has 164 valence electrons. The molecule has 1 saturated heterocycles. The Bertz CT molecular complexity index is 1090. The molecule has 0 aliphatic carbocycles. The van der Waals surface area contributed by atoms with Gasteiger partial charge in [-0.25, -0.2) is 0 Å². The van der Waals surface area contributed by atoms with Gasteiger partial charge in [-0.05, 0) is 37.8 Å². The van der Waals surface area contributed by atoms with E-state index in [2.05, 4.69) is 32.4 Å².